The number of nitrogens with one attached hydrogen (secondary N) is 1. The van der Waals surface area contributed by atoms with Crippen LogP contribution in [0.5, 0.6) is 5.75 Å². The van der Waals surface area contributed by atoms with Crippen LogP contribution in [0.2, 0.25) is 0 Å². The van der Waals surface area contributed by atoms with E-state index in [0.29, 0.717) is 5.75 Å². The lowest BCUT2D eigenvalue weighted by Gasteiger charge is -2.18. The van der Waals surface area contributed by atoms with Crippen molar-refractivity contribution in [2.24, 2.45) is 0 Å². The Morgan fingerprint density at radius 2 is 1.91 bits per heavy atom. The summed E-state index contributed by atoms with van der Waals surface area (Å²) in [7, 11) is 0. The number of nitrogens with zero attached hydrogens (tertiary/aromatic N) is 1. The van der Waals surface area contributed by atoms with Gasteiger partial charge in [0.2, 0.25) is 0 Å². The summed E-state index contributed by atoms with van der Waals surface area (Å²) in [4.78, 5) is 17.6. The van der Waals surface area contributed by atoms with E-state index in [1.165, 1.54) is 0 Å². The molecule has 116 valence electrons. The van der Waals surface area contributed by atoms with Crippen molar-refractivity contribution in [2.45, 2.75) is 30.9 Å². The molecule has 0 aliphatic heterocycles. The highest BCUT2D eigenvalue weighted by molar-refractivity contribution is 7.98. The molecular formula is C17H20N2O2S. The van der Waals surface area contributed by atoms with Crippen LogP contribution in [0.15, 0.2) is 53.6 Å². The van der Waals surface area contributed by atoms with Crippen LogP contribution in [0.3, 0.4) is 0 Å². The Labute approximate surface area is 135 Å². The summed E-state index contributed by atoms with van der Waals surface area (Å²) in [5, 5.41) is 2.91. The monoisotopic (exact) mass is 316 g/mol. The third-order valence-corrected chi connectivity index (χ3v) is 3.98. The summed E-state index contributed by atoms with van der Waals surface area (Å²) in [6.45, 7) is 3.64. The normalized spacial score (nSPS) is 13.2. The molecule has 0 saturated carbocycles. The molecule has 0 aliphatic rings. The number of rotatable bonds is 6. The molecular weight excluding hydrogens is 296 g/mol. The summed E-state index contributed by atoms with van der Waals surface area (Å²) in [5.74, 6) is 0.526. The molecule has 2 unspecified atom stereocenters. The molecule has 0 radical (unpaired) electrons. The molecule has 2 rings (SSSR count). The van der Waals surface area contributed by atoms with Gasteiger partial charge in [0.1, 0.15) is 5.75 Å². The van der Waals surface area contributed by atoms with E-state index >= 15 is 0 Å². The molecule has 0 bridgehead atoms. The molecule has 2 aromatic rings. The van der Waals surface area contributed by atoms with Gasteiger partial charge < -0.3 is 10.1 Å². The standard InChI is InChI=1S/C17H20N2O2S/c1-12(16-6-4-5-11-18-16)19-17(20)13(2)21-14-7-9-15(22-3)10-8-14/h4-13H,1-3H3,(H,19,20). The fourth-order valence-electron chi connectivity index (χ4n) is 1.95. The highest BCUT2D eigenvalue weighted by Crippen LogP contribution is 2.20. The Bertz CT molecular complexity index is 602. The minimum atomic E-state index is -0.564. The number of carbonyl (C=O) groups excluding carboxylic acids is 1. The van der Waals surface area contributed by atoms with Crippen molar-refractivity contribution in [2.75, 3.05) is 6.26 Å². The molecule has 22 heavy (non-hydrogen) atoms. The van der Waals surface area contributed by atoms with Crippen LogP contribution in [0.4, 0.5) is 0 Å². The average molecular weight is 316 g/mol. The number of thioether (sulfide) groups is 1. The number of pyridine rings is 1. The first-order chi connectivity index (χ1) is 10.6. The molecule has 1 heterocycles. The Kier molecular flexibility index (Phi) is 5.83. The third-order valence-electron chi connectivity index (χ3n) is 3.23. The zero-order chi connectivity index (χ0) is 15.9. The van der Waals surface area contributed by atoms with Crippen molar-refractivity contribution in [3.63, 3.8) is 0 Å². The van der Waals surface area contributed by atoms with E-state index < -0.39 is 6.10 Å². The predicted octanol–water partition coefficient (Wildman–Crippen LogP) is 3.45. The minimum absolute atomic E-state index is 0.154. The zero-order valence-corrected chi connectivity index (χ0v) is 13.8. The van der Waals surface area contributed by atoms with Gasteiger partial charge in [0.05, 0.1) is 11.7 Å². The van der Waals surface area contributed by atoms with E-state index in [-0.39, 0.29) is 11.9 Å². The van der Waals surface area contributed by atoms with Crippen molar-refractivity contribution < 1.29 is 9.53 Å². The largest absolute Gasteiger partial charge is 0.481 e. The average Bonchev–Trinajstić information content (AvgIpc) is 2.56. The summed E-state index contributed by atoms with van der Waals surface area (Å²) in [5.41, 5.74) is 0.826. The molecule has 1 aromatic carbocycles. The van der Waals surface area contributed by atoms with Crippen LogP contribution in [0.1, 0.15) is 25.6 Å². The number of hydrogen-bond acceptors (Lipinski definition) is 4. The lowest BCUT2D eigenvalue weighted by atomic mass is 10.2. The SMILES string of the molecule is CSc1ccc(OC(C)C(=O)NC(C)c2ccccn2)cc1. The van der Waals surface area contributed by atoms with Crippen LogP contribution in [-0.4, -0.2) is 23.3 Å². The Balaban J connectivity index is 1.91. The first-order valence-corrected chi connectivity index (χ1v) is 8.34. The second-order valence-corrected chi connectivity index (χ2v) is 5.80. The number of amides is 1. The topological polar surface area (TPSA) is 51.2 Å². The number of benzene rings is 1. The number of hydrogen-bond donors (Lipinski definition) is 1. The molecule has 0 spiro atoms. The quantitative estimate of drug-likeness (QED) is 0.829. The summed E-state index contributed by atoms with van der Waals surface area (Å²) >= 11 is 1.67. The summed E-state index contributed by atoms with van der Waals surface area (Å²) < 4.78 is 5.67. The van der Waals surface area contributed by atoms with Crippen molar-refractivity contribution >= 4 is 17.7 Å². The van der Waals surface area contributed by atoms with E-state index in [0.717, 1.165) is 10.6 Å². The van der Waals surface area contributed by atoms with Crippen LogP contribution < -0.4 is 10.1 Å². The van der Waals surface area contributed by atoms with E-state index in [1.807, 2.05) is 55.6 Å². The molecule has 0 aliphatic carbocycles. The molecule has 1 N–H and O–H groups in total. The molecule has 5 heteroatoms. The van der Waals surface area contributed by atoms with Gasteiger partial charge >= 0.3 is 0 Å². The minimum Gasteiger partial charge on any atom is -0.481 e. The molecule has 4 nitrogen and oxygen atoms in total. The van der Waals surface area contributed by atoms with Gasteiger partial charge in [-0.15, -0.1) is 11.8 Å². The van der Waals surface area contributed by atoms with Crippen molar-refractivity contribution in [3.8, 4) is 5.75 Å². The Hall–Kier alpha value is -2.01. The molecule has 0 fully saturated rings. The number of carbonyl (C=O) groups is 1. The lowest BCUT2D eigenvalue weighted by Crippen LogP contribution is -2.38. The van der Waals surface area contributed by atoms with Gasteiger partial charge in [-0.3, -0.25) is 9.78 Å². The fraction of sp³-hybridized carbons (Fsp3) is 0.294. The Morgan fingerprint density at radius 3 is 2.50 bits per heavy atom. The fourth-order valence-corrected chi connectivity index (χ4v) is 2.36. The van der Waals surface area contributed by atoms with E-state index in [1.54, 1.807) is 24.9 Å². The van der Waals surface area contributed by atoms with Gasteiger partial charge in [-0.25, -0.2) is 0 Å². The molecule has 1 aromatic heterocycles. The van der Waals surface area contributed by atoms with Gasteiger partial charge in [-0.1, -0.05) is 6.07 Å². The summed E-state index contributed by atoms with van der Waals surface area (Å²) in [6, 6.07) is 13.2. The smallest absolute Gasteiger partial charge is 0.261 e. The van der Waals surface area contributed by atoms with Crippen molar-refractivity contribution in [1.29, 1.82) is 0 Å². The van der Waals surface area contributed by atoms with Crippen LogP contribution in [0, 0.1) is 0 Å². The van der Waals surface area contributed by atoms with Gasteiger partial charge in [-0.05, 0) is 56.5 Å². The van der Waals surface area contributed by atoms with Crippen LogP contribution in [0.25, 0.3) is 0 Å². The van der Waals surface area contributed by atoms with Crippen LogP contribution in [-0.2, 0) is 4.79 Å². The number of aromatic nitrogens is 1. The zero-order valence-electron chi connectivity index (χ0n) is 12.9. The van der Waals surface area contributed by atoms with E-state index in [9.17, 15) is 4.79 Å². The highest BCUT2D eigenvalue weighted by atomic mass is 32.2. The highest BCUT2D eigenvalue weighted by Gasteiger charge is 2.18. The maximum atomic E-state index is 12.2. The van der Waals surface area contributed by atoms with Crippen LogP contribution >= 0.6 is 11.8 Å². The van der Waals surface area contributed by atoms with Crippen molar-refractivity contribution in [3.05, 3.63) is 54.4 Å². The predicted molar refractivity (Wildman–Crippen MR) is 89.1 cm³/mol. The maximum absolute atomic E-state index is 12.2. The maximum Gasteiger partial charge on any atom is 0.261 e. The van der Waals surface area contributed by atoms with E-state index in [2.05, 4.69) is 10.3 Å². The van der Waals surface area contributed by atoms with Gasteiger partial charge in [0.15, 0.2) is 6.10 Å². The Morgan fingerprint density at radius 1 is 1.18 bits per heavy atom. The summed E-state index contributed by atoms with van der Waals surface area (Å²) in [6.07, 6.45) is 3.17. The molecule has 0 saturated heterocycles. The first kappa shape index (κ1) is 16.4. The lowest BCUT2D eigenvalue weighted by molar-refractivity contribution is -0.127. The third kappa shape index (κ3) is 4.49. The molecule has 2 atom stereocenters. The first-order valence-electron chi connectivity index (χ1n) is 7.12. The van der Waals surface area contributed by atoms with Gasteiger partial charge in [-0.2, -0.15) is 0 Å². The second kappa shape index (κ2) is 7.84. The van der Waals surface area contributed by atoms with Gasteiger partial charge in [0, 0.05) is 11.1 Å². The molecule has 1 amide bonds. The second-order valence-electron chi connectivity index (χ2n) is 4.92. The van der Waals surface area contributed by atoms with Crippen molar-refractivity contribution in [1.82, 2.24) is 10.3 Å². The van der Waals surface area contributed by atoms with Gasteiger partial charge in [0.25, 0.3) is 5.91 Å². The number of ether oxygens (including phenoxy) is 1. The van der Waals surface area contributed by atoms with E-state index in [4.69, 9.17) is 4.74 Å².